The largest absolute Gasteiger partial charge is 0.393 e. The third kappa shape index (κ3) is 5.12. The van der Waals surface area contributed by atoms with Gasteiger partial charge in [-0.1, -0.05) is 25.6 Å². The molecule has 0 aliphatic carbocycles. The minimum Gasteiger partial charge on any atom is -0.393 e. The summed E-state index contributed by atoms with van der Waals surface area (Å²) in [6, 6.07) is -0.564. The van der Waals surface area contributed by atoms with E-state index in [0.717, 1.165) is 6.42 Å². The Labute approximate surface area is 108 Å². The van der Waals surface area contributed by atoms with E-state index in [-0.39, 0.29) is 16.8 Å². The highest BCUT2D eigenvalue weighted by molar-refractivity contribution is 7.80. The molecule has 0 aliphatic heterocycles. The van der Waals surface area contributed by atoms with E-state index in [2.05, 4.69) is 5.32 Å². The fourth-order valence-corrected chi connectivity index (χ4v) is 1.68. The topological polar surface area (TPSA) is 75.4 Å². The van der Waals surface area contributed by atoms with Gasteiger partial charge in [-0.25, -0.2) is 0 Å². The zero-order valence-electron chi connectivity index (χ0n) is 10.8. The van der Waals surface area contributed by atoms with Gasteiger partial charge in [-0.3, -0.25) is 9.59 Å². The minimum absolute atomic E-state index is 0.156. The van der Waals surface area contributed by atoms with Crippen LogP contribution >= 0.6 is 12.2 Å². The smallest absolute Gasteiger partial charge is 0.244 e. The van der Waals surface area contributed by atoms with E-state index in [4.69, 9.17) is 18.0 Å². The molecule has 3 N–H and O–H groups in total. The lowest BCUT2D eigenvalue weighted by Gasteiger charge is -2.21. The number of nitrogens with zero attached hydrogens (tertiary/aromatic N) is 1. The second-order valence-electron chi connectivity index (χ2n) is 4.21. The van der Waals surface area contributed by atoms with Gasteiger partial charge in [0, 0.05) is 14.1 Å². The standard InChI is InChI=1S/C11H21N3O2S/c1-5-6-8(9(12)17)10(15)13-7(2)11(16)14(3)4/h7-8H,5-6H2,1-4H3,(H2,12,17)(H,13,15). The Hall–Kier alpha value is -1.17. The molecule has 98 valence electrons. The maximum atomic E-state index is 11.9. The van der Waals surface area contributed by atoms with Crippen LogP contribution in [-0.4, -0.2) is 41.8 Å². The molecule has 0 aromatic heterocycles. The molecule has 2 unspecified atom stereocenters. The summed E-state index contributed by atoms with van der Waals surface area (Å²) < 4.78 is 0. The van der Waals surface area contributed by atoms with E-state index in [1.807, 2.05) is 6.92 Å². The molecule has 6 heteroatoms. The van der Waals surface area contributed by atoms with Crippen molar-refractivity contribution in [3.63, 3.8) is 0 Å². The maximum absolute atomic E-state index is 11.9. The number of carbonyl (C=O) groups is 2. The Morgan fingerprint density at radius 1 is 1.41 bits per heavy atom. The van der Waals surface area contributed by atoms with E-state index in [0.29, 0.717) is 6.42 Å². The van der Waals surface area contributed by atoms with Crippen molar-refractivity contribution in [3.05, 3.63) is 0 Å². The average molecular weight is 259 g/mol. The molecule has 2 amide bonds. The van der Waals surface area contributed by atoms with Gasteiger partial charge in [-0.2, -0.15) is 0 Å². The van der Waals surface area contributed by atoms with Crippen LogP contribution in [0.1, 0.15) is 26.7 Å². The van der Waals surface area contributed by atoms with Gasteiger partial charge in [0.15, 0.2) is 0 Å². The predicted molar refractivity (Wildman–Crippen MR) is 71.5 cm³/mol. The number of nitrogens with one attached hydrogen (secondary N) is 1. The summed E-state index contributed by atoms with van der Waals surface area (Å²) in [6.07, 6.45) is 1.41. The number of thiocarbonyl (C=S) groups is 1. The van der Waals surface area contributed by atoms with Gasteiger partial charge in [0.05, 0.1) is 10.9 Å². The molecule has 0 aromatic rings. The molecule has 5 nitrogen and oxygen atoms in total. The molecule has 0 saturated carbocycles. The van der Waals surface area contributed by atoms with Crippen LogP contribution in [0.5, 0.6) is 0 Å². The third-order valence-corrected chi connectivity index (χ3v) is 2.69. The van der Waals surface area contributed by atoms with Crippen molar-refractivity contribution in [2.45, 2.75) is 32.7 Å². The Morgan fingerprint density at radius 3 is 2.29 bits per heavy atom. The molecule has 0 aliphatic rings. The summed E-state index contributed by atoms with van der Waals surface area (Å²) >= 11 is 4.85. The first-order valence-electron chi connectivity index (χ1n) is 5.62. The van der Waals surface area contributed by atoms with Crippen molar-refractivity contribution in [2.24, 2.45) is 11.7 Å². The van der Waals surface area contributed by atoms with Gasteiger partial charge in [-0.15, -0.1) is 0 Å². The highest BCUT2D eigenvalue weighted by Gasteiger charge is 2.24. The number of nitrogens with two attached hydrogens (primary N) is 1. The molecular formula is C11H21N3O2S. The van der Waals surface area contributed by atoms with Crippen molar-refractivity contribution >= 4 is 29.0 Å². The lowest BCUT2D eigenvalue weighted by Crippen LogP contribution is -2.48. The van der Waals surface area contributed by atoms with Crippen molar-refractivity contribution in [3.8, 4) is 0 Å². The highest BCUT2D eigenvalue weighted by atomic mass is 32.1. The quantitative estimate of drug-likeness (QED) is 0.672. The summed E-state index contributed by atoms with van der Waals surface area (Å²) in [5, 5.41) is 2.63. The minimum atomic E-state index is -0.564. The maximum Gasteiger partial charge on any atom is 0.244 e. The number of likely N-dealkylation sites (N-methyl/N-ethyl adjacent to an activating group) is 1. The van der Waals surface area contributed by atoms with E-state index in [9.17, 15) is 9.59 Å². The van der Waals surface area contributed by atoms with Crippen LogP contribution in [0.15, 0.2) is 0 Å². The number of carbonyl (C=O) groups excluding carboxylic acids is 2. The molecule has 0 spiro atoms. The van der Waals surface area contributed by atoms with Crippen LogP contribution in [0.3, 0.4) is 0 Å². The summed E-state index contributed by atoms with van der Waals surface area (Å²) in [5.41, 5.74) is 5.51. The van der Waals surface area contributed by atoms with Crippen molar-refractivity contribution in [1.82, 2.24) is 10.2 Å². The summed E-state index contributed by atoms with van der Waals surface area (Å²) in [7, 11) is 3.28. The van der Waals surface area contributed by atoms with E-state index in [1.165, 1.54) is 4.90 Å². The normalized spacial score (nSPS) is 13.6. The van der Waals surface area contributed by atoms with Crippen LogP contribution < -0.4 is 11.1 Å². The van der Waals surface area contributed by atoms with Crippen LogP contribution in [0.2, 0.25) is 0 Å². The van der Waals surface area contributed by atoms with Gasteiger partial charge < -0.3 is 16.0 Å². The zero-order chi connectivity index (χ0) is 13.6. The van der Waals surface area contributed by atoms with Gasteiger partial charge in [0.2, 0.25) is 11.8 Å². The van der Waals surface area contributed by atoms with E-state index in [1.54, 1.807) is 21.0 Å². The summed E-state index contributed by atoms with van der Waals surface area (Å²) in [5.74, 6) is -0.925. The molecule has 0 saturated heterocycles. The number of hydrogen-bond acceptors (Lipinski definition) is 3. The Kier molecular flexibility index (Phi) is 6.72. The SMILES string of the molecule is CCCC(C(=O)NC(C)C(=O)N(C)C)C(N)=S. The predicted octanol–water partition coefficient (Wildman–Crippen LogP) is 0.282. The third-order valence-electron chi connectivity index (χ3n) is 2.41. The molecular weight excluding hydrogens is 238 g/mol. The van der Waals surface area contributed by atoms with Crippen LogP contribution in [-0.2, 0) is 9.59 Å². The molecule has 0 fully saturated rings. The van der Waals surface area contributed by atoms with Gasteiger partial charge >= 0.3 is 0 Å². The fourth-order valence-electron chi connectivity index (χ4n) is 1.45. The van der Waals surface area contributed by atoms with Crippen molar-refractivity contribution in [1.29, 1.82) is 0 Å². The highest BCUT2D eigenvalue weighted by Crippen LogP contribution is 2.07. The molecule has 0 heterocycles. The molecule has 0 radical (unpaired) electrons. The van der Waals surface area contributed by atoms with Gasteiger partial charge in [0.25, 0.3) is 0 Å². The van der Waals surface area contributed by atoms with Gasteiger partial charge in [0.1, 0.15) is 6.04 Å². The Balaban J connectivity index is 4.50. The molecule has 17 heavy (non-hydrogen) atoms. The number of rotatable bonds is 6. The van der Waals surface area contributed by atoms with Crippen LogP contribution in [0.4, 0.5) is 0 Å². The second kappa shape index (κ2) is 7.21. The first-order chi connectivity index (χ1) is 7.81. The first-order valence-corrected chi connectivity index (χ1v) is 6.02. The first kappa shape index (κ1) is 15.8. The van der Waals surface area contributed by atoms with Gasteiger partial charge in [-0.05, 0) is 13.3 Å². The van der Waals surface area contributed by atoms with Crippen LogP contribution in [0.25, 0.3) is 0 Å². The number of hydrogen-bond donors (Lipinski definition) is 2. The summed E-state index contributed by atoms with van der Waals surface area (Å²) in [6.45, 7) is 3.59. The second-order valence-corrected chi connectivity index (χ2v) is 4.68. The Bertz CT molecular complexity index is 305. The lowest BCUT2D eigenvalue weighted by atomic mass is 10.0. The molecule has 0 rings (SSSR count). The zero-order valence-corrected chi connectivity index (χ0v) is 11.6. The fraction of sp³-hybridized carbons (Fsp3) is 0.727. The molecule has 0 aromatic carbocycles. The monoisotopic (exact) mass is 259 g/mol. The average Bonchev–Trinajstić information content (AvgIpc) is 2.23. The van der Waals surface area contributed by atoms with E-state index >= 15 is 0 Å². The lowest BCUT2D eigenvalue weighted by molar-refractivity contribution is -0.134. The number of amides is 2. The van der Waals surface area contributed by atoms with Crippen molar-refractivity contribution < 1.29 is 9.59 Å². The Morgan fingerprint density at radius 2 is 1.94 bits per heavy atom. The van der Waals surface area contributed by atoms with Crippen molar-refractivity contribution in [2.75, 3.05) is 14.1 Å². The molecule has 0 bridgehead atoms. The van der Waals surface area contributed by atoms with E-state index < -0.39 is 12.0 Å². The molecule has 2 atom stereocenters. The van der Waals surface area contributed by atoms with Crippen LogP contribution in [0, 0.1) is 5.92 Å². The summed E-state index contributed by atoms with van der Waals surface area (Å²) in [4.78, 5) is 25.0.